The molecule has 0 saturated carbocycles. The lowest BCUT2D eigenvalue weighted by Gasteiger charge is -2.21. The van der Waals surface area contributed by atoms with Crippen LogP contribution in [0.3, 0.4) is 0 Å². The Morgan fingerprint density at radius 1 is 0.459 bits per heavy atom. The van der Waals surface area contributed by atoms with Crippen molar-refractivity contribution in [1.29, 1.82) is 0 Å². The average Bonchev–Trinajstić information content (AvgIpc) is 3.22. The summed E-state index contributed by atoms with van der Waals surface area (Å²) in [5.74, 6) is -2.67. The van der Waals surface area contributed by atoms with Crippen LogP contribution in [0.2, 0.25) is 0 Å². The third kappa shape index (κ3) is 26.3. The molecule has 0 spiro atoms. The van der Waals surface area contributed by atoms with Gasteiger partial charge in [-0.3, -0.25) is 38.4 Å². The zero-order valence-electron chi connectivity index (χ0n) is 36.6. The molecule has 0 aliphatic carbocycles. The summed E-state index contributed by atoms with van der Waals surface area (Å²) < 4.78 is 31.0. The van der Waals surface area contributed by atoms with E-state index in [2.05, 4.69) is 16.0 Å². The fourth-order valence-corrected chi connectivity index (χ4v) is 5.67. The number of ketones is 3. The highest BCUT2D eigenvalue weighted by atomic mass is 16.5. The first-order valence-corrected chi connectivity index (χ1v) is 20.5. The van der Waals surface area contributed by atoms with Gasteiger partial charge in [0.25, 0.3) is 11.8 Å². The number of carbonyl (C=O) groups is 8. The number of carbonyl (C=O) groups excluding carboxylic acids is 8. The largest absolute Gasteiger partial charge is 0.385 e. The zero-order chi connectivity index (χ0) is 45.3. The van der Waals surface area contributed by atoms with E-state index in [-0.39, 0.29) is 133 Å². The summed E-state index contributed by atoms with van der Waals surface area (Å²) in [6, 6.07) is 4.72. The Hall–Kier alpha value is -4.66. The van der Waals surface area contributed by atoms with E-state index in [0.717, 1.165) is 0 Å². The van der Waals surface area contributed by atoms with Gasteiger partial charge in [-0.25, -0.2) is 0 Å². The minimum atomic E-state index is -0.439. The number of Topliss-reactive ketones (excluding diaryl/α,β-unsaturated/α-hetero) is 3. The number of nitrogens with one attached hydrogen (secondary N) is 3. The van der Waals surface area contributed by atoms with Crippen LogP contribution in [-0.2, 0) is 57.2 Å². The van der Waals surface area contributed by atoms with Crippen molar-refractivity contribution in [1.82, 2.24) is 25.8 Å². The monoisotopic (exact) mass is 865 g/mol. The lowest BCUT2D eigenvalue weighted by atomic mass is 10.1. The summed E-state index contributed by atoms with van der Waals surface area (Å²) in [6.45, 7) is 3.08. The van der Waals surface area contributed by atoms with Gasteiger partial charge in [-0.1, -0.05) is 0 Å². The lowest BCUT2D eigenvalue weighted by Crippen LogP contribution is -2.44. The molecular formula is C42H67N5O14. The number of nitrogens with zero attached hydrogens (tertiary/aromatic N) is 2. The maximum atomic E-state index is 12.9. The second-order valence-corrected chi connectivity index (χ2v) is 14.1. The number of methoxy groups -OCH3 is 4. The molecule has 0 aliphatic heterocycles. The van der Waals surface area contributed by atoms with Crippen molar-refractivity contribution in [2.75, 3.05) is 127 Å². The van der Waals surface area contributed by atoms with Crippen molar-refractivity contribution in [2.24, 2.45) is 0 Å². The molecule has 19 nitrogen and oxygen atoms in total. The van der Waals surface area contributed by atoms with Gasteiger partial charge in [0.15, 0.2) is 17.3 Å². The van der Waals surface area contributed by atoms with Gasteiger partial charge in [-0.15, -0.1) is 0 Å². The molecule has 0 aromatic heterocycles. The van der Waals surface area contributed by atoms with E-state index in [1.165, 1.54) is 44.3 Å². The number of amides is 5. The zero-order valence-corrected chi connectivity index (χ0v) is 36.6. The van der Waals surface area contributed by atoms with E-state index in [9.17, 15) is 38.4 Å². The van der Waals surface area contributed by atoms with Gasteiger partial charge in [0.05, 0.1) is 72.1 Å². The van der Waals surface area contributed by atoms with E-state index >= 15 is 0 Å². The molecule has 0 heterocycles. The molecule has 1 rings (SSSR count). The predicted octanol–water partition coefficient (Wildman–Crippen LogP) is 0.675. The first-order valence-electron chi connectivity index (χ1n) is 20.5. The first kappa shape index (κ1) is 54.4. The van der Waals surface area contributed by atoms with Crippen LogP contribution in [-0.4, -0.2) is 184 Å². The molecule has 61 heavy (non-hydrogen) atoms. The van der Waals surface area contributed by atoms with E-state index in [0.29, 0.717) is 51.3 Å². The summed E-state index contributed by atoms with van der Waals surface area (Å²) in [5, 5.41) is 8.09. The Morgan fingerprint density at radius 2 is 0.836 bits per heavy atom. The van der Waals surface area contributed by atoms with Crippen LogP contribution in [0.4, 0.5) is 0 Å². The Labute approximate surface area is 359 Å². The molecular weight excluding hydrogens is 798 g/mol. The minimum Gasteiger partial charge on any atom is -0.385 e. The molecule has 0 bridgehead atoms. The summed E-state index contributed by atoms with van der Waals surface area (Å²) in [5.41, 5.74) is 1.18. The van der Waals surface area contributed by atoms with Crippen molar-refractivity contribution >= 4 is 46.9 Å². The van der Waals surface area contributed by atoms with Crippen LogP contribution in [0.15, 0.2) is 18.2 Å². The van der Waals surface area contributed by atoms with E-state index in [4.69, 9.17) is 28.4 Å². The van der Waals surface area contributed by atoms with Crippen molar-refractivity contribution in [3.05, 3.63) is 34.9 Å². The van der Waals surface area contributed by atoms with Crippen LogP contribution in [0, 0.1) is 6.92 Å². The molecule has 1 aromatic carbocycles. The van der Waals surface area contributed by atoms with Crippen molar-refractivity contribution in [3.63, 3.8) is 0 Å². The van der Waals surface area contributed by atoms with E-state index < -0.39 is 29.5 Å². The van der Waals surface area contributed by atoms with Gasteiger partial charge in [0.1, 0.15) is 0 Å². The highest BCUT2D eigenvalue weighted by molar-refractivity contribution is 6.00. The maximum absolute atomic E-state index is 12.9. The van der Waals surface area contributed by atoms with Gasteiger partial charge < -0.3 is 54.2 Å². The number of hydrogen-bond acceptors (Lipinski definition) is 14. The van der Waals surface area contributed by atoms with Crippen LogP contribution >= 0.6 is 0 Å². The number of benzene rings is 1. The van der Waals surface area contributed by atoms with Crippen molar-refractivity contribution < 1.29 is 66.8 Å². The van der Waals surface area contributed by atoms with E-state index in [1.807, 2.05) is 0 Å². The average molecular weight is 866 g/mol. The Morgan fingerprint density at radius 3 is 1.23 bits per heavy atom. The highest BCUT2D eigenvalue weighted by Crippen LogP contribution is 2.11. The third-order valence-corrected chi connectivity index (χ3v) is 8.77. The second kappa shape index (κ2) is 34.0. The second-order valence-electron chi connectivity index (χ2n) is 14.1. The topological polar surface area (TPSA) is 235 Å². The molecule has 3 N–H and O–H groups in total. The van der Waals surface area contributed by atoms with Crippen LogP contribution < -0.4 is 16.0 Å². The summed E-state index contributed by atoms with van der Waals surface area (Å²) in [4.78, 5) is 104. The standard InChI is InChI=1S/C42H67N5O14/c1-32-25-33(41(54)44-15-23-60-20-12-39(52)46(28-35(48)9-6-17-56-2)29-36(49)10-7-18-57-3)27-34(26-32)42(55)45-16-24-61-21-13-40(53)47(30-37(50)11-8-19-58-4)31-38(51)43-14-22-59-5/h25-27H,6-24,28-31H2,1-5H3,(H,43,51)(H,44,54)(H,45,55). The van der Waals surface area contributed by atoms with Crippen molar-refractivity contribution in [3.8, 4) is 0 Å². The Kier molecular flexibility index (Phi) is 30.3. The van der Waals surface area contributed by atoms with Gasteiger partial charge in [-0.2, -0.15) is 0 Å². The summed E-state index contributed by atoms with van der Waals surface area (Å²) >= 11 is 0. The first-order chi connectivity index (χ1) is 29.3. The van der Waals surface area contributed by atoms with Crippen LogP contribution in [0.1, 0.15) is 77.6 Å². The molecule has 0 radical (unpaired) electrons. The molecule has 0 aliphatic rings. The van der Waals surface area contributed by atoms with E-state index in [1.54, 1.807) is 19.1 Å². The van der Waals surface area contributed by atoms with Gasteiger partial charge >= 0.3 is 0 Å². The van der Waals surface area contributed by atoms with Crippen LogP contribution in [0.5, 0.6) is 0 Å². The fourth-order valence-electron chi connectivity index (χ4n) is 5.67. The fraction of sp³-hybridized carbons (Fsp3) is 0.667. The molecule has 0 fully saturated rings. The minimum absolute atomic E-state index is 0.00496. The number of aryl methyl sites for hydroxylation is 1. The molecule has 0 atom stereocenters. The summed E-state index contributed by atoms with van der Waals surface area (Å²) in [7, 11) is 6.10. The van der Waals surface area contributed by atoms with Gasteiger partial charge in [0, 0.05) is 98.3 Å². The SMILES string of the molecule is COCCCC(=O)CN(CC(=O)CCCOC)C(=O)CCOCCNC(=O)c1cc(C)cc(C(=O)NCCOCCC(=O)N(CC(=O)CCCOC)CC(=O)NCCOC)c1. The highest BCUT2D eigenvalue weighted by Gasteiger charge is 2.22. The summed E-state index contributed by atoms with van der Waals surface area (Å²) in [6.07, 6.45) is 2.03. The molecule has 344 valence electrons. The smallest absolute Gasteiger partial charge is 0.251 e. The number of ether oxygens (including phenoxy) is 6. The molecule has 1 aromatic rings. The normalized spacial score (nSPS) is 10.8. The van der Waals surface area contributed by atoms with Crippen LogP contribution in [0.25, 0.3) is 0 Å². The quantitative estimate of drug-likeness (QED) is 0.0781. The Bertz CT molecular complexity index is 1370. The van der Waals surface area contributed by atoms with Crippen molar-refractivity contribution in [2.45, 2.75) is 58.3 Å². The predicted molar refractivity (Wildman–Crippen MR) is 223 cm³/mol. The third-order valence-electron chi connectivity index (χ3n) is 8.77. The molecule has 0 unspecified atom stereocenters. The number of hydrogen-bond donors (Lipinski definition) is 3. The number of rotatable bonds is 37. The Balaban J connectivity index is 2.56. The maximum Gasteiger partial charge on any atom is 0.251 e. The lowest BCUT2D eigenvalue weighted by molar-refractivity contribution is -0.139. The van der Waals surface area contributed by atoms with Gasteiger partial charge in [-0.05, 0) is 49.9 Å². The molecule has 0 saturated heterocycles. The molecule has 19 heteroatoms. The molecule has 5 amide bonds. The van der Waals surface area contributed by atoms with Gasteiger partial charge in [0.2, 0.25) is 17.7 Å².